The molecule has 0 aliphatic carbocycles. The summed E-state index contributed by atoms with van der Waals surface area (Å²) < 4.78 is 16.6. The number of rotatable bonds is 1. The minimum atomic E-state index is -2.54. The van der Waals surface area contributed by atoms with Crippen LogP contribution in [0.2, 0.25) is 0 Å². The van der Waals surface area contributed by atoms with Crippen molar-refractivity contribution in [1.82, 2.24) is 0 Å². The van der Waals surface area contributed by atoms with E-state index in [9.17, 15) is 4.39 Å². The van der Waals surface area contributed by atoms with Gasteiger partial charge in [-0.05, 0) is 0 Å². The molecule has 0 saturated carbocycles. The van der Waals surface area contributed by atoms with E-state index in [-0.39, 0.29) is 0 Å². The Morgan fingerprint density at radius 2 is 1.54 bits per heavy atom. The van der Waals surface area contributed by atoms with Crippen LogP contribution < -0.4 is 0 Å². The molecule has 78 valence electrons. The highest BCUT2D eigenvalue weighted by molar-refractivity contribution is 4.89. The Bertz CT molecular complexity index is 177. The first-order valence-corrected chi connectivity index (χ1v) is 3.65. The first-order chi connectivity index (χ1) is 5.95. The Morgan fingerprint density at radius 1 is 1.00 bits per heavy atom. The lowest BCUT2D eigenvalue weighted by Gasteiger charge is -2.38. The zero-order valence-corrected chi connectivity index (χ0v) is 6.49. The van der Waals surface area contributed by atoms with Gasteiger partial charge in [0.05, 0.1) is 0 Å². The summed E-state index contributed by atoms with van der Waals surface area (Å²) >= 11 is 0. The monoisotopic (exact) mass is 198 g/mol. The minimum Gasteiger partial charge on any atom is -0.387 e. The second-order valence-electron chi connectivity index (χ2n) is 2.84. The van der Waals surface area contributed by atoms with Gasteiger partial charge in [0.2, 0.25) is 6.36 Å². The van der Waals surface area contributed by atoms with Crippen LogP contribution in [0.25, 0.3) is 0 Å². The molecular weight excluding hydrogens is 187 g/mol. The van der Waals surface area contributed by atoms with Crippen molar-refractivity contribution in [3.63, 3.8) is 0 Å². The highest BCUT2D eigenvalue weighted by atomic mass is 19.1. The predicted molar refractivity (Wildman–Crippen MR) is 36.0 cm³/mol. The van der Waals surface area contributed by atoms with E-state index in [0.717, 1.165) is 0 Å². The van der Waals surface area contributed by atoms with Gasteiger partial charge in [0.15, 0.2) is 6.29 Å². The molecule has 6 unspecified atom stereocenters. The number of ether oxygens (including phenoxy) is 1. The van der Waals surface area contributed by atoms with Crippen LogP contribution in [0.15, 0.2) is 0 Å². The first-order valence-electron chi connectivity index (χ1n) is 3.65. The van der Waals surface area contributed by atoms with Crippen molar-refractivity contribution in [2.75, 3.05) is 0 Å². The molecule has 0 amide bonds. The molecule has 0 aromatic heterocycles. The summed E-state index contributed by atoms with van der Waals surface area (Å²) in [5, 5.41) is 44.3. The summed E-state index contributed by atoms with van der Waals surface area (Å²) in [6, 6.07) is 0. The van der Waals surface area contributed by atoms with Crippen molar-refractivity contribution in [2.24, 2.45) is 0 Å². The fourth-order valence-corrected chi connectivity index (χ4v) is 1.11. The van der Waals surface area contributed by atoms with E-state index in [1.807, 2.05) is 0 Å². The molecular formula is C6H11FO6. The smallest absolute Gasteiger partial charge is 0.225 e. The normalized spacial score (nSPS) is 48.9. The molecule has 13 heavy (non-hydrogen) atoms. The molecule has 1 fully saturated rings. The third-order valence-electron chi connectivity index (χ3n) is 1.90. The molecule has 0 bridgehead atoms. The maximum atomic E-state index is 12.3. The summed E-state index contributed by atoms with van der Waals surface area (Å²) in [6.45, 7) is 0. The lowest BCUT2D eigenvalue weighted by atomic mass is 9.99. The van der Waals surface area contributed by atoms with E-state index in [1.54, 1.807) is 0 Å². The van der Waals surface area contributed by atoms with Crippen LogP contribution in [0.5, 0.6) is 0 Å². The summed E-state index contributed by atoms with van der Waals surface area (Å²) in [4.78, 5) is 0. The summed E-state index contributed by atoms with van der Waals surface area (Å²) in [5.74, 6) is 0. The molecule has 1 aliphatic heterocycles. The van der Waals surface area contributed by atoms with Crippen LogP contribution in [0.1, 0.15) is 0 Å². The van der Waals surface area contributed by atoms with Crippen molar-refractivity contribution in [3.8, 4) is 0 Å². The van der Waals surface area contributed by atoms with Gasteiger partial charge in [-0.3, -0.25) is 0 Å². The fourth-order valence-electron chi connectivity index (χ4n) is 1.11. The zero-order valence-electron chi connectivity index (χ0n) is 6.49. The molecule has 1 heterocycles. The van der Waals surface area contributed by atoms with E-state index in [4.69, 9.17) is 25.5 Å². The van der Waals surface area contributed by atoms with Gasteiger partial charge in [-0.25, -0.2) is 4.39 Å². The Labute approximate surface area is 72.8 Å². The topological polar surface area (TPSA) is 110 Å². The molecule has 1 rings (SSSR count). The molecule has 0 aromatic carbocycles. The maximum absolute atomic E-state index is 12.3. The van der Waals surface area contributed by atoms with Crippen molar-refractivity contribution in [2.45, 2.75) is 37.1 Å². The molecule has 7 heteroatoms. The van der Waals surface area contributed by atoms with Gasteiger partial charge in [0.1, 0.15) is 24.4 Å². The average molecular weight is 198 g/mol. The van der Waals surface area contributed by atoms with E-state index in [0.29, 0.717) is 0 Å². The summed E-state index contributed by atoms with van der Waals surface area (Å²) in [5.41, 5.74) is 0. The number of hydrogen-bond donors (Lipinski definition) is 5. The van der Waals surface area contributed by atoms with Crippen molar-refractivity contribution in [1.29, 1.82) is 0 Å². The van der Waals surface area contributed by atoms with Gasteiger partial charge in [-0.1, -0.05) is 0 Å². The molecule has 6 atom stereocenters. The molecule has 1 aliphatic rings. The Hall–Kier alpha value is -0.310. The lowest BCUT2D eigenvalue weighted by molar-refractivity contribution is -0.308. The third kappa shape index (κ3) is 1.96. The molecule has 0 aromatic rings. The predicted octanol–water partition coefficient (Wildman–Crippen LogP) is -2.93. The van der Waals surface area contributed by atoms with Crippen LogP contribution in [0.4, 0.5) is 4.39 Å². The van der Waals surface area contributed by atoms with Crippen molar-refractivity contribution in [3.05, 3.63) is 0 Å². The first kappa shape index (κ1) is 10.8. The molecule has 6 nitrogen and oxygen atoms in total. The number of aliphatic hydroxyl groups is 5. The quantitative estimate of drug-likeness (QED) is 0.308. The number of alkyl halides is 1. The number of halogens is 1. The van der Waals surface area contributed by atoms with E-state index in [1.165, 1.54) is 0 Å². The van der Waals surface area contributed by atoms with Gasteiger partial charge >= 0.3 is 0 Å². The summed E-state index contributed by atoms with van der Waals surface area (Å²) in [7, 11) is 0. The van der Waals surface area contributed by atoms with Crippen LogP contribution in [0, 0.1) is 0 Å². The molecule has 1 saturated heterocycles. The second-order valence-corrected chi connectivity index (χ2v) is 2.84. The van der Waals surface area contributed by atoms with Crippen LogP contribution in [0.3, 0.4) is 0 Å². The van der Waals surface area contributed by atoms with Crippen molar-refractivity contribution < 1.29 is 34.7 Å². The largest absolute Gasteiger partial charge is 0.387 e. The van der Waals surface area contributed by atoms with Crippen LogP contribution in [-0.4, -0.2) is 62.6 Å². The minimum absolute atomic E-state index is 1.72. The lowest BCUT2D eigenvalue weighted by Crippen LogP contribution is -2.59. The average Bonchev–Trinajstić information content (AvgIpc) is 2.07. The van der Waals surface area contributed by atoms with Crippen LogP contribution in [-0.2, 0) is 4.74 Å². The summed E-state index contributed by atoms with van der Waals surface area (Å²) in [6.07, 6.45) is -11.4. The highest BCUT2D eigenvalue weighted by Crippen LogP contribution is 2.22. The Balaban J connectivity index is 2.70. The highest BCUT2D eigenvalue weighted by Gasteiger charge is 2.46. The maximum Gasteiger partial charge on any atom is 0.225 e. The van der Waals surface area contributed by atoms with Gasteiger partial charge in [-0.15, -0.1) is 0 Å². The van der Waals surface area contributed by atoms with Gasteiger partial charge in [0.25, 0.3) is 0 Å². The molecule has 0 radical (unpaired) electrons. The fraction of sp³-hybridized carbons (Fsp3) is 1.00. The number of aliphatic hydroxyl groups excluding tert-OH is 5. The van der Waals surface area contributed by atoms with Crippen molar-refractivity contribution >= 4 is 0 Å². The van der Waals surface area contributed by atoms with Gasteiger partial charge < -0.3 is 30.3 Å². The molecule has 5 N–H and O–H groups in total. The standard InChI is InChI=1S/C6H11FO6/c7-5(11)4-2(9)1(8)3(10)6(12)13-4/h1-6,8-12H. The van der Waals surface area contributed by atoms with Gasteiger partial charge in [0, 0.05) is 0 Å². The van der Waals surface area contributed by atoms with Gasteiger partial charge in [-0.2, -0.15) is 0 Å². The molecule has 0 spiro atoms. The number of hydrogen-bond acceptors (Lipinski definition) is 6. The van der Waals surface area contributed by atoms with Crippen LogP contribution >= 0.6 is 0 Å². The van der Waals surface area contributed by atoms with E-state index < -0.39 is 37.1 Å². The van der Waals surface area contributed by atoms with E-state index >= 15 is 0 Å². The SMILES string of the molecule is OC(F)C1OC(O)C(O)C(O)C1O. The zero-order chi connectivity index (χ0) is 10.2. The van der Waals surface area contributed by atoms with E-state index in [2.05, 4.69) is 4.74 Å². The Kier molecular flexibility index (Phi) is 3.17. The Morgan fingerprint density at radius 3 is 2.00 bits per heavy atom. The second kappa shape index (κ2) is 3.82. The third-order valence-corrected chi connectivity index (χ3v) is 1.90.